The summed E-state index contributed by atoms with van der Waals surface area (Å²) in [7, 11) is -3.35. The van der Waals surface area contributed by atoms with Crippen LogP contribution in [0.4, 0.5) is 15.8 Å². The fourth-order valence-corrected chi connectivity index (χ4v) is 3.85. The second-order valence-electron chi connectivity index (χ2n) is 4.90. The maximum atomic E-state index is 12.5. The van der Waals surface area contributed by atoms with Crippen LogP contribution >= 0.6 is 31.9 Å². The number of hydrogen-bond acceptors (Lipinski definition) is 8. The van der Waals surface area contributed by atoms with Gasteiger partial charge in [0.05, 0.1) is 19.2 Å². The van der Waals surface area contributed by atoms with E-state index in [4.69, 9.17) is 8.76 Å². The SMILES string of the molecule is CS(=O)(=O)c1ccc([N+](=O)[O-])cc1Br.CS(=O)[O-].O=[N+]([O-])c1ccc(F)c(Br)c1.[Na+]. The number of rotatable bonds is 3. The van der Waals surface area contributed by atoms with Crippen molar-refractivity contribution in [3.05, 3.63) is 71.4 Å². The van der Waals surface area contributed by atoms with Crippen LogP contribution in [-0.2, 0) is 20.9 Å². The Labute approximate surface area is 212 Å². The molecular weight excluding hydrogens is 590 g/mol. The molecule has 0 aromatic heterocycles. The molecule has 0 fully saturated rings. The van der Waals surface area contributed by atoms with Crippen molar-refractivity contribution in [2.75, 3.05) is 12.5 Å². The van der Waals surface area contributed by atoms with Crippen LogP contribution in [0.1, 0.15) is 0 Å². The monoisotopic (exact) mass is 600 g/mol. The van der Waals surface area contributed by atoms with Crippen LogP contribution in [0.15, 0.2) is 50.2 Å². The molecule has 0 spiro atoms. The van der Waals surface area contributed by atoms with Crippen molar-refractivity contribution in [3.8, 4) is 0 Å². The van der Waals surface area contributed by atoms with Crippen LogP contribution in [0, 0.1) is 26.0 Å². The third-order valence-electron chi connectivity index (χ3n) is 2.64. The first kappa shape index (κ1) is 31.4. The summed E-state index contributed by atoms with van der Waals surface area (Å²) in [6, 6.07) is 6.80. The van der Waals surface area contributed by atoms with Gasteiger partial charge in [-0.2, -0.15) is 0 Å². The van der Waals surface area contributed by atoms with E-state index in [0.717, 1.165) is 42.8 Å². The first-order chi connectivity index (χ1) is 13.2. The van der Waals surface area contributed by atoms with Gasteiger partial charge in [-0.05, 0) is 50.2 Å². The molecule has 0 aliphatic carbocycles. The summed E-state index contributed by atoms with van der Waals surface area (Å²) in [5, 5.41) is 20.5. The second-order valence-corrected chi connectivity index (χ2v) is 9.40. The summed E-state index contributed by atoms with van der Waals surface area (Å²) < 4.78 is 53.1. The minimum atomic E-state index is -3.35. The summed E-state index contributed by atoms with van der Waals surface area (Å²) in [5.41, 5.74) is -0.275. The van der Waals surface area contributed by atoms with Crippen molar-refractivity contribution < 1.29 is 61.0 Å². The normalized spacial score (nSPS) is 10.9. The molecule has 2 aromatic carbocycles. The smallest absolute Gasteiger partial charge is 0.773 e. The Kier molecular flexibility index (Phi) is 14.9. The van der Waals surface area contributed by atoms with Gasteiger partial charge >= 0.3 is 29.6 Å². The molecule has 0 radical (unpaired) electrons. The molecule has 1 atom stereocenters. The number of nitrogens with zero attached hydrogens (tertiary/aromatic N) is 2. The minimum Gasteiger partial charge on any atom is -0.773 e. The van der Waals surface area contributed by atoms with Crippen molar-refractivity contribution in [3.63, 3.8) is 0 Å². The molecule has 0 saturated heterocycles. The first-order valence-corrected chi connectivity index (χ1v) is 11.9. The van der Waals surface area contributed by atoms with Gasteiger partial charge in [-0.25, -0.2) is 12.8 Å². The summed E-state index contributed by atoms with van der Waals surface area (Å²) >= 11 is 3.94. The van der Waals surface area contributed by atoms with Gasteiger partial charge in [0.1, 0.15) is 5.82 Å². The molecule has 160 valence electrons. The molecule has 0 amide bonds. The van der Waals surface area contributed by atoms with Crippen molar-refractivity contribution in [2.24, 2.45) is 0 Å². The Bertz CT molecular complexity index is 1040. The Morgan fingerprint density at radius 1 is 0.967 bits per heavy atom. The molecule has 1 unspecified atom stereocenters. The van der Waals surface area contributed by atoms with Gasteiger partial charge in [-0.15, -0.1) is 0 Å². The van der Waals surface area contributed by atoms with E-state index < -0.39 is 36.6 Å². The van der Waals surface area contributed by atoms with E-state index >= 15 is 0 Å². The van der Waals surface area contributed by atoms with E-state index in [2.05, 4.69) is 31.9 Å². The fraction of sp³-hybridized carbons (Fsp3) is 0.143. The molecule has 16 heteroatoms. The van der Waals surface area contributed by atoms with Gasteiger partial charge in [0.25, 0.3) is 11.4 Å². The third-order valence-corrected chi connectivity index (χ3v) is 5.32. The molecular formula is C14H12Br2FN2NaO8S2. The van der Waals surface area contributed by atoms with Gasteiger partial charge in [0.2, 0.25) is 0 Å². The quantitative estimate of drug-likeness (QED) is 0.216. The number of benzene rings is 2. The molecule has 2 aromatic rings. The summed E-state index contributed by atoms with van der Waals surface area (Å²) in [6.45, 7) is 0. The predicted octanol–water partition coefficient (Wildman–Crippen LogP) is 0.757. The van der Waals surface area contributed by atoms with Crippen molar-refractivity contribution in [2.45, 2.75) is 4.90 Å². The van der Waals surface area contributed by atoms with Crippen LogP contribution in [0.25, 0.3) is 0 Å². The maximum absolute atomic E-state index is 12.5. The largest absolute Gasteiger partial charge is 1.00 e. The van der Waals surface area contributed by atoms with E-state index in [9.17, 15) is 33.0 Å². The number of non-ortho nitro benzene ring substituents is 2. The summed E-state index contributed by atoms with van der Waals surface area (Å²) in [6.07, 6.45) is 2.12. The zero-order chi connectivity index (χ0) is 22.9. The molecule has 0 N–H and O–H groups in total. The average Bonchev–Trinajstić information content (AvgIpc) is 2.56. The van der Waals surface area contributed by atoms with Crippen LogP contribution in [-0.4, -0.2) is 39.5 Å². The third kappa shape index (κ3) is 12.1. The topological polar surface area (TPSA) is 161 Å². The Hall–Kier alpha value is -0.810. The Morgan fingerprint density at radius 3 is 1.63 bits per heavy atom. The van der Waals surface area contributed by atoms with E-state index in [1.54, 1.807) is 0 Å². The number of nitro groups is 2. The first-order valence-electron chi connectivity index (χ1n) is 6.91. The molecule has 0 bridgehead atoms. The van der Waals surface area contributed by atoms with Crippen molar-refractivity contribution >= 4 is 64.2 Å². The number of halogens is 3. The zero-order valence-corrected chi connectivity index (χ0v) is 22.4. The molecule has 0 saturated carbocycles. The minimum absolute atomic E-state index is 0. The van der Waals surface area contributed by atoms with Gasteiger partial charge in [0, 0.05) is 35.0 Å². The van der Waals surface area contributed by atoms with Crippen LogP contribution < -0.4 is 29.6 Å². The van der Waals surface area contributed by atoms with Crippen LogP contribution in [0.3, 0.4) is 0 Å². The fourth-order valence-electron chi connectivity index (χ4n) is 1.50. The van der Waals surface area contributed by atoms with Crippen LogP contribution in [0.2, 0.25) is 0 Å². The van der Waals surface area contributed by atoms with E-state index in [0.29, 0.717) is 0 Å². The number of sulfone groups is 1. The van der Waals surface area contributed by atoms with Gasteiger partial charge in [-0.3, -0.25) is 24.4 Å². The van der Waals surface area contributed by atoms with Gasteiger partial charge < -0.3 is 4.55 Å². The summed E-state index contributed by atoms with van der Waals surface area (Å²) in [4.78, 5) is 19.4. The van der Waals surface area contributed by atoms with Crippen molar-refractivity contribution in [1.82, 2.24) is 0 Å². The Morgan fingerprint density at radius 2 is 1.33 bits per heavy atom. The maximum Gasteiger partial charge on any atom is 1.00 e. The molecule has 2 rings (SSSR count). The standard InChI is InChI=1S/C7H6BrNO4S.C6H3BrFNO2.CH4O2S.Na/c1-14(12,13)7-3-2-5(9(10)11)4-6(7)8;7-5-3-4(9(10)11)1-2-6(5)8;1-4(2)3;/h2-4H,1H3;1-3H;1H3,(H,2,3);/q;;;+1/p-1. The molecule has 0 aliphatic rings. The predicted molar refractivity (Wildman–Crippen MR) is 110 cm³/mol. The molecule has 0 heterocycles. The average molecular weight is 602 g/mol. The molecule has 30 heavy (non-hydrogen) atoms. The Balaban J connectivity index is 0. The van der Waals surface area contributed by atoms with Gasteiger partial charge in [-0.1, -0.05) is 11.1 Å². The van der Waals surface area contributed by atoms with E-state index in [-0.39, 0.29) is 54.8 Å². The number of nitro benzene ring substituents is 2. The molecule has 0 aliphatic heterocycles. The molecule has 10 nitrogen and oxygen atoms in total. The van der Waals surface area contributed by atoms with E-state index in [1.807, 2.05) is 0 Å². The van der Waals surface area contributed by atoms with Crippen molar-refractivity contribution in [1.29, 1.82) is 0 Å². The van der Waals surface area contributed by atoms with E-state index in [1.165, 1.54) is 6.07 Å². The second kappa shape index (κ2) is 14.3. The summed E-state index contributed by atoms with van der Waals surface area (Å²) in [5.74, 6) is -0.504. The number of hydrogen-bond donors (Lipinski definition) is 0. The zero-order valence-electron chi connectivity index (χ0n) is 15.6. The van der Waals surface area contributed by atoms with Gasteiger partial charge in [0.15, 0.2) is 9.84 Å². The van der Waals surface area contributed by atoms with Crippen LogP contribution in [0.5, 0.6) is 0 Å².